The molecule has 0 aromatic heterocycles. The van der Waals surface area contributed by atoms with Gasteiger partial charge in [-0.2, -0.15) is 5.26 Å². The van der Waals surface area contributed by atoms with E-state index in [-0.39, 0.29) is 0 Å². The normalized spacial score (nSPS) is 15.7. The molecule has 0 saturated carbocycles. The Bertz CT molecular complexity index is 751. The molecule has 21 heavy (non-hydrogen) atoms. The standard InChI is InChI=1S/C16H10ClNO3/c17-12-4-5-14-11(7-12)8-15(21-14)16(19)20-13-3-1-2-10(6-13)9-18/h1-7,15H,8H2. The van der Waals surface area contributed by atoms with Crippen molar-refractivity contribution in [3.05, 3.63) is 58.6 Å². The maximum absolute atomic E-state index is 12.1. The van der Waals surface area contributed by atoms with Gasteiger partial charge in [-0.25, -0.2) is 4.79 Å². The topological polar surface area (TPSA) is 59.3 Å². The highest BCUT2D eigenvalue weighted by Gasteiger charge is 2.30. The molecule has 2 aromatic rings. The Morgan fingerprint density at radius 2 is 2.19 bits per heavy atom. The van der Waals surface area contributed by atoms with Crippen LogP contribution in [0.3, 0.4) is 0 Å². The van der Waals surface area contributed by atoms with E-state index < -0.39 is 12.1 Å². The lowest BCUT2D eigenvalue weighted by molar-refractivity contribution is -0.141. The van der Waals surface area contributed by atoms with Gasteiger partial charge in [0.25, 0.3) is 0 Å². The van der Waals surface area contributed by atoms with E-state index in [1.807, 2.05) is 6.07 Å². The number of esters is 1. The summed E-state index contributed by atoms with van der Waals surface area (Å²) in [6.45, 7) is 0. The molecule has 2 aromatic carbocycles. The van der Waals surface area contributed by atoms with E-state index in [1.165, 1.54) is 6.07 Å². The highest BCUT2D eigenvalue weighted by molar-refractivity contribution is 6.30. The number of hydrogen-bond acceptors (Lipinski definition) is 4. The minimum Gasteiger partial charge on any atom is -0.478 e. The molecule has 0 amide bonds. The van der Waals surface area contributed by atoms with Crippen LogP contribution in [0.25, 0.3) is 0 Å². The van der Waals surface area contributed by atoms with Crippen molar-refractivity contribution in [3.63, 3.8) is 0 Å². The average molecular weight is 300 g/mol. The summed E-state index contributed by atoms with van der Waals surface area (Å²) >= 11 is 5.91. The highest BCUT2D eigenvalue weighted by Crippen LogP contribution is 2.31. The van der Waals surface area contributed by atoms with Gasteiger partial charge < -0.3 is 9.47 Å². The van der Waals surface area contributed by atoms with Crippen LogP contribution in [0.4, 0.5) is 0 Å². The number of benzene rings is 2. The fourth-order valence-electron chi connectivity index (χ4n) is 2.16. The largest absolute Gasteiger partial charge is 0.478 e. The van der Waals surface area contributed by atoms with Crippen molar-refractivity contribution in [2.24, 2.45) is 0 Å². The molecule has 1 unspecified atom stereocenters. The SMILES string of the molecule is N#Cc1cccc(OC(=O)C2Cc3cc(Cl)ccc3O2)c1. The number of hydrogen-bond donors (Lipinski definition) is 0. The van der Waals surface area contributed by atoms with Gasteiger partial charge in [0.2, 0.25) is 0 Å². The molecular formula is C16H10ClNO3. The van der Waals surface area contributed by atoms with Gasteiger partial charge in [-0.15, -0.1) is 0 Å². The van der Waals surface area contributed by atoms with Gasteiger partial charge in [-0.1, -0.05) is 17.7 Å². The monoisotopic (exact) mass is 299 g/mol. The van der Waals surface area contributed by atoms with Crippen molar-refractivity contribution < 1.29 is 14.3 Å². The maximum atomic E-state index is 12.1. The van der Waals surface area contributed by atoms with Crippen molar-refractivity contribution in [3.8, 4) is 17.6 Å². The Kier molecular flexibility index (Phi) is 3.51. The molecule has 1 aliphatic rings. The molecule has 4 nitrogen and oxygen atoms in total. The molecule has 0 radical (unpaired) electrons. The van der Waals surface area contributed by atoms with Gasteiger partial charge in [0, 0.05) is 11.4 Å². The Hall–Kier alpha value is -2.51. The molecule has 0 fully saturated rings. The number of rotatable bonds is 2. The molecule has 104 valence electrons. The van der Waals surface area contributed by atoms with Crippen molar-refractivity contribution in [2.75, 3.05) is 0 Å². The molecule has 1 aliphatic heterocycles. The lowest BCUT2D eigenvalue weighted by atomic mass is 10.1. The molecule has 1 atom stereocenters. The predicted octanol–water partition coefficient (Wildman–Crippen LogP) is 3.12. The second kappa shape index (κ2) is 5.47. The van der Waals surface area contributed by atoms with Crippen molar-refractivity contribution in [2.45, 2.75) is 12.5 Å². The summed E-state index contributed by atoms with van der Waals surface area (Å²) < 4.78 is 10.8. The minimum atomic E-state index is -0.691. The molecule has 0 bridgehead atoms. The van der Waals surface area contributed by atoms with Crippen LogP contribution in [0.2, 0.25) is 5.02 Å². The van der Waals surface area contributed by atoms with Crippen LogP contribution in [-0.4, -0.2) is 12.1 Å². The Labute approximate surface area is 126 Å². The smallest absolute Gasteiger partial charge is 0.353 e. The zero-order chi connectivity index (χ0) is 14.8. The third-order valence-corrected chi connectivity index (χ3v) is 3.38. The lowest BCUT2D eigenvalue weighted by Gasteiger charge is -2.10. The van der Waals surface area contributed by atoms with Crippen molar-refractivity contribution in [1.29, 1.82) is 5.26 Å². The summed E-state index contributed by atoms with van der Waals surface area (Å²) in [7, 11) is 0. The van der Waals surface area contributed by atoms with Gasteiger partial charge in [-0.3, -0.25) is 0 Å². The number of ether oxygens (including phenoxy) is 2. The van der Waals surface area contributed by atoms with Gasteiger partial charge in [0.05, 0.1) is 11.6 Å². The molecule has 5 heteroatoms. The summed E-state index contributed by atoms with van der Waals surface area (Å²) in [5.41, 5.74) is 1.32. The van der Waals surface area contributed by atoms with Gasteiger partial charge in [0.15, 0.2) is 6.10 Å². The van der Waals surface area contributed by atoms with E-state index in [2.05, 4.69) is 0 Å². The zero-order valence-corrected chi connectivity index (χ0v) is 11.6. The number of carbonyl (C=O) groups is 1. The van der Waals surface area contributed by atoms with E-state index in [9.17, 15) is 4.79 Å². The fraction of sp³-hybridized carbons (Fsp3) is 0.125. The van der Waals surface area contributed by atoms with E-state index in [0.717, 1.165) is 5.56 Å². The molecule has 1 heterocycles. The lowest BCUT2D eigenvalue weighted by Crippen LogP contribution is -2.29. The number of fused-ring (bicyclic) bond motifs is 1. The van der Waals surface area contributed by atoms with Crippen LogP contribution < -0.4 is 9.47 Å². The average Bonchev–Trinajstić information content (AvgIpc) is 2.90. The second-order valence-electron chi connectivity index (χ2n) is 4.62. The van der Waals surface area contributed by atoms with Crippen LogP contribution in [0, 0.1) is 11.3 Å². The van der Waals surface area contributed by atoms with Gasteiger partial charge in [-0.05, 0) is 42.0 Å². The summed E-state index contributed by atoms with van der Waals surface area (Å²) in [5, 5.41) is 9.43. The Morgan fingerprint density at radius 3 is 3.00 bits per heavy atom. The Morgan fingerprint density at radius 1 is 1.33 bits per heavy atom. The third-order valence-electron chi connectivity index (χ3n) is 3.14. The summed E-state index contributed by atoms with van der Waals surface area (Å²) in [6.07, 6.45) is -0.267. The van der Waals surface area contributed by atoms with Crippen molar-refractivity contribution in [1.82, 2.24) is 0 Å². The van der Waals surface area contributed by atoms with Crippen LogP contribution >= 0.6 is 11.6 Å². The number of halogens is 1. The maximum Gasteiger partial charge on any atom is 0.353 e. The van der Waals surface area contributed by atoms with Crippen LogP contribution in [0.5, 0.6) is 11.5 Å². The first-order valence-electron chi connectivity index (χ1n) is 6.32. The Balaban J connectivity index is 1.72. The van der Waals surface area contributed by atoms with E-state index in [0.29, 0.717) is 28.5 Å². The minimum absolute atomic E-state index is 0.330. The first-order valence-corrected chi connectivity index (χ1v) is 6.70. The second-order valence-corrected chi connectivity index (χ2v) is 5.06. The predicted molar refractivity (Wildman–Crippen MR) is 76.4 cm³/mol. The fourth-order valence-corrected chi connectivity index (χ4v) is 2.35. The zero-order valence-electron chi connectivity index (χ0n) is 10.9. The summed E-state index contributed by atoms with van der Waals surface area (Å²) in [6, 6.07) is 13.7. The molecule has 0 saturated heterocycles. The molecule has 3 rings (SSSR count). The molecular weight excluding hydrogens is 290 g/mol. The van der Waals surface area contributed by atoms with Gasteiger partial charge in [0.1, 0.15) is 11.5 Å². The third kappa shape index (κ3) is 2.83. The van der Waals surface area contributed by atoms with Crippen LogP contribution in [-0.2, 0) is 11.2 Å². The summed E-state index contributed by atoms with van der Waals surface area (Å²) in [5.74, 6) is 0.487. The number of nitriles is 1. The first kappa shape index (κ1) is 13.5. The van der Waals surface area contributed by atoms with Crippen LogP contribution in [0.1, 0.15) is 11.1 Å². The van der Waals surface area contributed by atoms with Gasteiger partial charge >= 0.3 is 5.97 Å². The van der Waals surface area contributed by atoms with Crippen LogP contribution in [0.15, 0.2) is 42.5 Å². The molecule has 0 spiro atoms. The first-order chi connectivity index (χ1) is 10.2. The number of carbonyl (C=O) groups excluding carboxylic acids is 1. The number of nitrogens with zero attached hydrogens (tertiary/aromatic N) is 1. The van der Waals surface area contributed by atoms with E-state index >= 15 is 0 Å². The quantitative estimate of drug-likeness (QED) is 0.631. The van der Waals surface area contributed by atoms with Crippen molar-refractivity contribution >= 4 is 17.6 Å². The van der Waals surface area contributed by atoms with E-state index in [4.69, 9.17) is 26.3 Å². The molecule has 0 N–H and O–H groups in total. The van der Waals surface area contributed by atoms with E-state index in [1.54, 1.807) is 36.4 Å². The molecule has 0 aliphatic carbocycles. The summed E-state index contributed by atoms with van der Waals surface area (Å²) in [4.78, 5) is 12.1. The highest BCUT2D eigenvalue weighted by atomic mass is 35.5.